The van der Waals surface area contributed by atoms with Crippen LogP contribution in [0.3, 0.4) is 0 Å². The smallest absolute Gasteiger partial charge is 0.234 e. The Labute approximate surface area is 86.8 Å². The van der Waals surface area contributed by atoms with Crippen LogP contribution < -0.4 is 10.5 Å². The Hall–Kier alpha value is -0.670. The van der Waals surface area contributed by atoms with Crippen LogP contribution in [0.4, 0.5) is 5.82 Å². The van der Waals surface area contributed by atoms with Crippen LogP contribution in [0.1, 0.15) is 13.3 Å². The van der Waals surface area contributed by atoms with Crippen molar-refractivity contribution in [2.75, 3.05) is 12.3 Å². The summed E-state index contributed by atoms with van der Waals surface area (Å²) in [5.41, 5.74) is 5.48. The molecule has 0 atom stereocenters. The van der Waals surface area contributed by atoms with Gasteiger partial charge in [0.2, 0.25) is 5.88 Å². The molecule has 1 aromatic rings. The summed E-state index contributed by atoms with van der Waals surface area (Å²) in [5.74, 6) is 0.572. The van der Waals surface area contributed by atoms with E-state index in [-0.39, 0.29) is 5.82 Å². The highest BCUT2D eigenvalue weighted by atomic mass is 35.5. The summed E-state index contributed by atoms with van der Waals surface area (Å²) >= 11 is 11.5. The monoisotopic (exact) mass is 220 g/mol. The second-order valence-corrected chi connectivity index (χ2v) is 3.31. The second-order valence-electron chi connectivity index (χ2n) is 2.49. The van der Waals surface area contributed by atoms with Crippen LogP contribution in [0.2, 0.25) is 10.0 Å². The Bertz CT molecular complexity index is 304. The highest BCUT2D eigenvalue weighted by Crippen LogP contribution is 2.28. The Balaban J connectivity index is 2.88. The summed E-state index contributed by atoms with van der Waals surface area (Å²) in [7, 11) is 0. The van der Waals surface area contributed by atoms with Gasteiger partial charge in [0.05, 0.1) is 11.6 Å². The van der Waals surface area contributed by atoms with E-state index in [0.717, 1.165) is 6.42 Å². The molecule has 72 valence electrons. The van der Waals surface area contributed by atoms with Gasteiger partial charge >= 0.3 is 0 Å². The standard InChI is InChI=1S/C8H10Cl2N2O/c1-2-3-13-8-6(10)4-5(9)7(11)12-8/h4H,2-3H2,1H3,(H2,11,12). The molecule has 2 N–H and O–H groups in total. The Kier molecular flexibility index (Phi) is 3.63. The van der Waals surface area contributed by atoms with Crippen LogP contribution in [-0.2, 0) is 0 Å². The molecular weight excluding hydrogens is 211 g/mol. The molecule has 0 aliphatic heterocycles. The Morgan fingerprint density at radius 2 is 2.15 bits per heavy atom. The SMILES string of the molecule is CCCOc1nc(N)c(Cl)cc1Cl. The van der Waals surface area contributed by atoms with Gasteiger partial charge in [-0.25, -0.2) is 0 Å². The first-order valence-electron chi connectivity index (χ1n) is 3.89. The van der Waals surface area contributed by atoms with Crippen molar-refractivity contribution in [3.8, 4) is 5.88 Å². The van der Waals surface area contributed by atoms with Gasteiger partial charge in [0.1, 0.15) is 10.8 Å². The second kappa shape index (κ2) is 4.53. The summed E-state index contributed by atoms with van der Waals surface area (Å²) in [4.78, 5) is 3.90. The number of aromatic nitrogens is 1. The first kappa shape index (κ1) is 10.4. The average Bonchev–Trinajstić information content (AvgIpc) is 2.09. The molecule has 0 spiro atoms. The van der Waals surface area contributed by atoms with Gasteiger partial charge in [-0.05, 0) is 12.5 Å². The molecule has 0 fully saturated rings. The highest BCUT2D eigenvalue weighted by Gasteiger charge is 2.07. The van der Waals surface area contributed by atoms with Crippen LogP contribution in [-0.4, -0.2) is 11.6 Å². The summed E-state index contributed by atoms with van der Waals surface area (Å²) < 4.78 is 5.24. The largest absolute Gasteiger partial charge is 0.477 e. The number of hydrogen-bond acceptors (Lipinski definition) is 3. The molecule has 0 amide bonds. The lowest BCUT2D eigenvalue weighted by Crippen LogP contribution is -2.00. The summed E-state index contributed by atoms with van der Waals surface area (Å²) in [5, 5.41) is 0.724. The molecule has 0 saturated heterocycles. The molecule has 13 heavy (non-hydrogen) atoms. The lowest BCUT2D eigenvalue weighted by atomic mass is 10.4. The van der Waals surface area contributed by atoms with Crippen molar-refractivity contribution in [3.05, 3.63) is 16.1 Å². The van der Waals surface area contributed by atoms with Crippen LogP contribution >= 0.6 is 23.2 Å². The van der Waals surface area contributed by atoms with E-state index in [4.69, 9.17) is 33.7 Å². The Morgan fingerprint density at radius 3 is 2.77 bits per heavy atom. The van der Waals surface area contributed by atoms with Gasteiger partial charge in [0.15, 0.2) is 0 Å². The highest BCUT2D eigenvalue weighted by molar-refractivity contribution is 6.36. The van der Waals surface area contributed by atoms with Crippen LogP contribution in [0, 0.1) is 0 Å². The molecule has 5 heteroatoms. The first-order valence-corrected chi connectivity index (χ1v) is 4.65. The third-order valence-electron chi connectivity index (χ3n) is 1.37. The van der Waals surface area contributed by atoms with Crippen molar-refractivity contribution in [1.82, 2.24) is 4.98 Å². The third kappa shape index (κ3) is 2.64. The van der Waals surface area contributed by atoms with Gasteiger partial charge in [0, 0.05) is 0 Å². The molecule has 0 aliphatic rings. The van der Waals surface area contributed by atoms with E-state index < -0.39 is 0 Å². The minimum atomic E-state index is 0.233. The predicted molar refractivity (Wildman–Crippen MR) is 54.5 cm³/mol. The van der Waals surface area contributed by atoms with Crippen molar-refractivity contribution in [2.45, 2.75) is 13.3 Å². The minimum absolute atomic E-state index is 0.233. The molecular formula is C8H10Cl2N2O. The number of halogens is 2. The van der Waals surface area contributed by atoms with Gasteiger partial charge in [-0.15, -0.1) is 0 Å². The lowest BCUT2D eigenvalue weighted by molar-refractivity contribution is 0.306. The zero-order valence-corrected chi connectivity index (χ0v) is 8.69. The quantitative estimate of drug-likeness (QED) is 0.853. The van der Waals surface area contributed by atoms with Gasteiger partial charge in [-0.2, -0.15) is 4.98 Å². The number of anilines is 1. The van der Waals surface area contributed by atoms with Crippen LogP contribution in [0.25, 0.3) is 0 Å². The van der Waals surface area contributed by atoms with E-state index in [9.17, 15) is 0 Å². The first-order chi connectivity index (χ1) is 6.15. The maximum absolute atomic E-state index is 5.81. The molecule has 0 radical (unpaired) electrons. The number of nitrogens with zero attached hydrogens (tertiary/aromatic N) is 1. The van der Waals surface area contributed by atoms with E-state index in [1.54, 1.807) is 0 Å². The molecule has 1 heterocycles. The van der Waals surface area contributed by atoms with Crippen LogP contribution in [0.15, 0.2) is 6.07 Å². The van der Waals surface area contributed by atoms with E-state index in [2.05, 4.69) is 4.98 Å². The number of nitrogen functional groups attached to an aromatic ring is 1. The van der Waals surface area contributed by atoms with Crippen molar-refractivity contribution < 1.29 is 4.74 Å². The summed E-state index contributed by atoms with van der Waals surface area (Å²) in [6.45, 7) is 2.56. The summed E-state index contributed by atoms with van der Waals surface area (Å²) in [6.07, 6.45) is 0.889. The number of ether oxygens (including phenoxy) is 1. The van der Waals surface area contributed by atoms with Crippen LogP contribution in [0.5, 0.6) is 5.88 Å². The summed E-state index contributed by atoms with van der Waals surface area (Å²) in [6, 6.07) is 1.52. The maximum atomic E-state index is 5.81. The number of rotatable bonds is 3. The molecule has 1 aromatic heterocycles. The molecule has 0 unspecified atom stereocenters. The van der Waals surface area contributed by atoms with E-state index in [0.29, 0.717) is 22.5 Å². The Morgan fingerprint density at radius 1 is 1.46 bits per heavy atom. The third-order valence-corrected chi connectivity index (χ3v) is 1.94. The molecule has 0 saturated carbocycles. The number of pyridine rings is 1. The number of hydrogen-bond donors (Lipinski definition) is 1. The topological polar surface area (TPSA) is 48.1 Å². The maximum Gasteiger partial charge on any atom is 0.234 e. The van der Waals surface area contributed by atoms with E-state index in [1.165, 1.54) is 6.07 Å². The van der Waals surface area contributed by atoms with Crippen molar-refractivity contribution in [2.24, 2.45) is 0 Å². The zero-order chi connectivity index (χ0) is 9.84. The van der Waals surface area contributed by atoms with E-state index in [1.807, 2.05) is 6.92 Å². The fourth-order valence-electron chi connectivity index (χ4n) is 0.763. The van der Waals surface area contributed by atoms with Gasteiger partial charge < -0.3 is 10.5 Å². The normalized spacial score (nSPS) is 10.1. The minimum Gasteiger partial charge on any atom is -0.477 e. The van der Waals surface area contributed by atoms with Gasteiger partial charge in [0.25, 0.3) is 0 Å². The average molecular weight is 221 g/mol. The zero-order valence-electron chi connectivity index (χ0n) is 7.18. The van der Waals surface area contributed by atoms with Gasteiger partial charge in [-0.1, -0.05) is 30.1 Å². The number of nitrogens with two attached hydrogens (primary N) is 1. The fraction of sp³-hybridized carbons (Fsp3) is 0.375. The van der Waals surface area contributed by atoms with Gasteiger partial charge in [-0.3, -0.25) is 0 Å². The molecule has 1 rings (SSSR count). The predicted octanol–water partition coefficient (Wildman–Crippen LogP) is 2.76. The molecule has 0 aliphatic carbocycles. The fourth-order valence-corrected chi connectivity index (χ4v) is 1.18. The van der Waals surface area contributed by atoms with Crippen molar-refractivity contribution >= 4 is 29.0 Å². The lowest BCUT2D eigenvalue weighted by Gasteiger charge is -2.06. The molecule has 3 nitrogen and oxygen atoms in total. The molecule has 0 aromatic carbocycles. The van der Waals surface area contributed by atoms with E-state index >= 15 is 0 Å². The van der Waals surface area contributed by atoms with Crippen molar-refractivity contribution in [3.63, 3.8) is 0 Å². The van der Waals surface area contributed by atoms with Crippen molar-refractivity contribution in [1.29, 1.82) is 0 Å². The molecule has 0 bridgehead atoms.